The van der Waals surface area contributed by atoms with Crippen LogP contribution in [0.4, 0.5) is 0 Å². The minimum atomic E-state index is 0.793. The first kappa shape index (κ1) is 11.4. The first-order valence-electron chi connectivity index (χ1n) is 6.38. The van der Waals surface area contributed by atoms with Gasteiger partial charge in [0.1, 0.15) is 0 Å². The van der Waals surface area contributed by atoms with Crippen LogP contribution in [0.3, 0.4) is 0 Å². The molecule has 1 aliphatic heterocycles. The first-order valence-corrected chi connectivity index (χ1v) is 6.38. The fraction of sp³-hybridized carbons (Fsp3) is 1.00. The average molecular weight is 212 g/mol. The van der Waals surface area contributed by atoms with Crippen molar-refractivity contribution < 1.29 is 4.74 Å². The van der Waals surface area contributed by atoms with E-state index in [2.05, 4.69) is 17.1 Å². The highest BCUT2D eigenvalue weighted by atomic mass is 16.5. The molecule has 15 heavy (non-hydrogen) atoms. The summed E-state index contributed by atoms with van der Waals surface area (Å²) in [5.41, 5.74) is 0. The average Bonchev–Trinajstić information content (AvgIpc) is 2.66. The second-order valence-corrected chi connectivity index (χ2v) is 5.02. The molecule has 0 unspecified atom stereocenters. The van der Waals surface area contributed by atoms with Crippen LogP contribution in [0, 0.1) is 5.92 Å². The zero-order chi connectivity index (χ0) is 10.5. The van der Waals surface area contributed by atoms with Crippen LogP contribution in [0.2, 0.25) is 0 Å². The van der Waals surface area contributed by atoms with E-state index in [-0.39, 0.29) is 0 Å². The zero-order valence-electron chi connectivity index (χ0n) is 9.87. The Hall–Kier alpha value is -0.120. The molecule has 2 aliphatic rings. The summed E-state index contributed by atoms with van der Waals surface area (Å²) in [6.07, 6.45) is 4.17. The van der Waals surface area contributed by atoms with Crippen molar-refractivity contribution in [2.45, 2.75) is 32.2 Å². The molecule has 0 amide bonds. The first-order chi connectivity index (χ1) is 7.34. The molecule has 2 rings (SSSR count). The van der Waals surface area contributed by atoms with E-state index in [4.69, 9.17) is 4.74 Å². The Morgan fingerprint density at radius 1 is 1.27 bits per heavy atom. The van der Waals surface area contributed by atoms with Gasteiger partial charge in [0, 0.05) is 32.2 Å². The van der Waals surface area contributed by atoms with E-state index in [0.717, 1.165) is 44.8 Å². The topological polar surface area (TPSA) is 24.5 Å². The van der Waals surface area contributed by atoms with Crippen LogP contribution < -0.4 is 5.32 Å². The number of hydrogen-bond acceptors (Lipinski definition) is 3. The maximum atomic E-state index is 5.33. The summed E-state index contributed by atoms with van der Waals surface area (Å²) in [6, 6.07) is 0.793. The molecule has 88 valence electrons. The van der Waals surface area contributed by atoms with Gasteiger partial charge in [-0.1, -0.05) is 6.92 Å². The molecular formula is C12H24N2O. The number of nitrogens with one attached hydrogen (secondary N) is 1. The van der Waals surface area contributed by atoms with Gasteiger partial charge in [-0.3, -0.25) is 4.90 Å². The number of rotatable bonds is 4. The molecule has 0 radical (unpaired) electrons. The maximum absolute atomic E-state index is 5.33. The Morgan fingerprint density at radius 3 is 2.73 bits per heavy atom. The molecule has 2 atom stereocenters. The van der Waals surface area contributed by atoms with Gasteiger partial charge in [-0.2, -0.15) is 0 Å². The van der Waals surface area contributed by atoms with Crippen LogP contribution in [0.15, 0.2) is 0 Å². The summed E-state index contributed by atoms with van der Waals surface area (Å²) in [5, 5.41) is 3.68. The smallest absolute Gasteiger partial charge is 0.0594 e. The Balaban J connectivity index is 1.54. The SMILES string of the molecule is C[C@@H]1CC[C@H](NCCN2CCOCC2)C1. The summed E-state index contributed by atoms with van der Waals surface area (Å²) < 4.78 is 5.33. The summed E-state index contributed by atoms with van der Waals surface area (Å²) >= 11 is 0. The van der Waals surface area contributed by atoms with Gasteiger partial charge in [0.15, 0.2) is 0 Å². The van der Waals surface area contributed by atoms with E-state index in [1.54, 1.807) is 0 Å². The third-order valence-electron chi connectivity index (χ3n) is 3.66. The van der Waals surface area contributed by atoms with Crippen LogP contribution >= 0.6 is 0 Å². The standard InChI is InChI=1S/C12H24N2O/c1-11-2-3-12(10-11)13-4-5-14-6-8-15-9-7-14/h11-13H,2-10H2,1H3/t11-,12+/m1/s1. The molecule has 1 N–H and O–H groups in total. The summed E-state index contributed by atoms with van der Waals surface area (Å²) in [6.45, 7) is 8.77. The molecule has 3 heteroatoms. The van der Waals surface area contributed by atoms with Crippen molar-refractivity contribution in [3.05, 3.63) is 0 Å². The zero-order valence-corrected chi connectivity index (χ0v) is 9.87. The molecule has 0 bridgehead atoms. The molecule has 1 aliphatic carbocycles. The van der Waals surface area contributed by atoms with E-state index in [0.29, 0.717) is 0 Å². The van der Waals surface area contributed by atoms with Crippen LogP contribution in [0.1, 0.15) is 26.2 Å². The molecule has 2 fully saturated rings. The van der Waals surface area contributed by atoms with Crippen molar-refractivity contribution in [1.82, 2.24) is 10.2 Å². The highest BCUT2D eigenvalue weighted by Gasteiger charge is 2.20. The summed E-state index contributed by atoms with van der Waals surface area (Å²) in [4.78, 5) is 2.49. The Morgan fingerprint density at radius 2 is 2.07 bits per heavy atom. The second kappa shape index (κ2) is 5.83. The number of nitrogens with zero attached hydrogens (tertiary/aromatic N) is 1. The van der Waals surface area contributed by atoms with E-state index in [1.165, 1.54) is 25.8 Å². The quantitative estimate of drug-likeness (QED) is 0.755. The second-order valence-electron chi connectivity index (χ2n) is 5.02. The van der Waals surface area contributed by atoms with E-state index < -0.39 is 0 Å². The predicted octanol–water partition coefficient (Wildman–Crippen LogP) is 1.10. The van der Waals surface area contributed by atoms with Crippen LogP contribution in [-0.4, -0.2) is 50.3 Å². The third kappa shape index (κ3) is 3.74. The fourth-order valence-electron chi connectivity index (χ4n) is 2.64. The van der Waals surface area contributed by atoms with Gasteiger partial charge in [-0.15, -0.1) is 0 Å². The molecule has 0 aromatic heterocycles. The minimum absolute atomic E-state index is 0.793. The maximum Gasteiger partial charge on any atom is 0.0594 e. The van der Waals surface area contributed by atoms with Crippen LogP contribution in [0.25, 0.3) is 0 Å². The van der Waals surface area contributed by atoms with Gasteiger partial charge in [-0.05, 0) is 25.2 Å². The van der Waals surface area contributed by atoms with Crippen LogP contribution in [-0.2, 0) is 4.74 Å². The Labute approximate surface area is 93.2 Å². The summed E-state index contributed by atoms with van der Waals surface area (Å²) in [7, 11) is 0. The molecular weight excluding hydrogens is 188 g/mol. The molecule has 0 spiro atoms. The molecule has 1 saturated carbocycles. The lowest BCUT2D eigenvalue weighted by Gasteiger charge is -2.27. The normalized spacial score (nSPS) is 33.4. The van der Waals surface area contributed by atoms with Crippen molar-refractivity contribution in [3.8, 4) is 0 Å². The van der Waals surface area contributed by atoms with Crippen molar-refractivity contribution in [3.63, 3.8) is 0 Å². The molecule has 1 heterocycles. The van der Waals surface area contributed by atoms with Gasteiger partial charge in [0.2, 0.25) is 0 Å². The van der Waals surface area contributed by atoms with Crippen LogP contribution in [0.5, 0.6) is 0 Å². The molecule has 1 saturated heterocycles. The van der Waals surface area contributed by atoms with Gasteiger partial charge < -0.3 is 10.1 Å². The lowest BCUT2D eigenvalue weighted by atomic mass is 10.1. The van der Waals surface area contributed by atoms with Crippen molar-refractivity contribution in [2.24, 2.45) is 5.92 Å². The van der Waals surface area contributed by atoms with E-state index in [9.17, 15) is 0 Å². The van der Waals surface area contributed by atoms with E-state index >= 15 is 0 Å². The van der Waals surface area contributed by atoms with Gasteiger partial charge in [-0.25, -0.2) is 0 Å². The van der Waals surface area contributed by atoms with Gasteiger partial charge in [0.05, 0.1) is 13.2 Å². The van der Waals surface area contributed by atoms with Gasteiger partial charge >= 0.3 is 0 Å². The van der Waals surface area contributed by atoms with Crippen molar-refractivity contribution >= 4 is 0 Å². The van der Waals surface area contributed by atoms with E-state index in [1.807, 2.05) is 0 Å². The Kier molecular flexibility index (Phi) is 4.42. The highest BCUT2D eigenvalue weighted by Crippen LogP contribution is 2.24. The predicted molar refractivity (Wildman–Crippen MR) is 62.1 cm³/mol. The van der Waals surface area contributed by atoms with Gasteiger partial charge in [0.25, 0.3) is 0 Å². The largest absolute Gasteiger partial charge is 0.379 e. The Bertz CT molecular complexity index is 176. The number of ether oxygens (including phenoxy) is 1. The highest BCUT2D eigenvalue weighted by molar-refractivity contribution is 4.78. The number of morpholine rings is 1. The number of hydrogen-bond donors (Lipinski definition) is 1. The lowest BCUT2D eigenvalue weighted by Crippen LogP contribution is -2.41. The molecule has 0 aromatic carbocycles. The summed E-state index contributed by atoms with van der Waals surface area (Å²) in [5.74, 6) is 0.936. The fourth-order valence-corrected chi connectivity index (χ4v) is 2.64. The molecule has 0 aromatic rings. The van der Waals surface area contributed by atoms with Crippen molar-refractivity contribution in [1.29, 1.82) is 0 Å². The van der Waals surface area contributed by atoms with Crippen molar-refractivity contribution in [2.75, 3.05) is 39.4 Å². The third-order valence-corrected chi connectivity index (χ3v) is 3.66. The monoisotopic (exact) mass is 212 g/mol. The minimum Gasteiger partial charge on any atom is -0.379 e. The lowest BCUT2D eigenvalue weighted by molar-refractivity contribution is 0.0381. The molecule has 3 nitrogen and oxygen atoms in total.